The summed E-state index contributed by atoms with van der Waals surface area (Å²) < 4.78 is 23.8. The fourth-order valence-electron chi connectivity index (χ4n) is 2.01. The molecule has 0 unspecified atom stereocenters. The molecule has 26 heavy (non-hydrogen) atoms. The van der Waals surface area contributed by atoms with E-state index >= 15 is 0 Å². The van der Waals surface area contributed by atoms with Crippen LogP contribution in [0.4, 0.5) is 14.9 Å². The van der Waals surface area contributed by atoms with E-state index in [2.05, 4.69) is 60.5 Å². The van der Waals surface area contributed by atoms with E-state index in [9.17, 15) is 9.18 Å². The minimum atomic E-state index is -1.11. The molecule has 1 aromatic rings. The van der Waals surface area contributed by atoms with E-state index in [0.29, 0.717) is 4.47 Å². The topological polar surface area (TPSA) is 52.4 Å². The van der Waals surface area contributed by atoms with Gasteiger partial charge in [-0.05, 0) is 39.0 Å². The molecule has 0 aromatic heterocycles. The number of hydrogen-bond donors (Lipinski definition) is 1. The number of benzene rings is 1. The molecule has 0 aliphatic carbocycles. The van der Waals surface area contributed by atoms with Crippen molar-refractivity contribution in [3.63, 3.8) is 0 Å². The third-order valence-corrected chi connectivity index (χ3v) is 8.10. The standard InChI is InChI=1S/C11H13BrFNO2.C6H18NSi2.Na/c1-11(2,3)16-10(15)14-9-5-4-7(12)6-8(9)13;1-8(2,3)7-9(4,5)6;/h4-6H,1-3H3,(H,14,15);1-6H3;/q;-1;+1. The summed E-state index contributed by atoms with van der Waals surface area (Å²) in [7, 11) is -2.21. The molecule has 4 nitrogen and oxygen atoms in total. The van der Waals surface area contributed by atoms with Gasteiger partial charge in [0, 0.05) is 4.47 Å². The third kappa shape index (κ3) is 16.5. The number of nitrogens with one attached hydrogen (secondary N) is 1. The first-order valence-electron chi connectivity index (χ1n) is 8.18. The molecule has 1 amide bonds. The van der Waals surface area contributed by atoms with Gasteiger partial charge in [-0.25, -0.2) is 9.18 Å². The summed E-state index contributed by atoms with van der Waals surface area (Å²) in [4.78, 5) is 11.4. The fraction of sp³-hybridized carbons (Fsp3) is 0.588. The van der Waals surface area contributed by atoms with Crippen LogP contribution in [0.2, 0.25) is 39.3 Å². The fourth-order valence-corrected chi connectivity index (χ4v) is 10.4. The Kier molecular flexibility index (Phi) is 12.4. The molecule has 9 heteroatoms. The van der Waals surface area contributed by atoms with Gasteiger partial charge in [0.25, 0.3) is 0 Å². The van der Waals surface area contributed by atoms with Crippen LogP contribution in [-0.2, 0) is 4.74 Å². The Morgan fingerprint density at radius 2 is 1.58 bits per heavy atom. The van der Waals surface area contributed by atoms with Gasteiger partial charge >= 0.3 is 35.7 Å². The molecule has 0 spiro atoms. The number of rotatable bonds is 3. The molecule has 0 atom stereocenters. The molecule has 0 fully saturated rings. The van der Waals surface area contributed by atoms with Gasteiger partial charge in [0.2, 0.25) is 0 Å². The van der Waals surface area contributed by atoms with E-state index in [-0.39, 0.29) is 35.2 Å². The second kappa shape index (κ2) is 11.3. The van der Waals surface area contributed by atoms with Gasteiger partial charge in [-0.2, -0.15) is 0 Å². The Morgan fingerprint density at radius 1 is 1.12 bits per heavy atom. The van der Waals surface area contributed by atoms with Gasteiger partial charge in [0.15, 0.2) is 0 Å². The Labute approximate surface area is 190 Å². The first-order chi connectivity index (χ1) is 11.0. The molecule has 0 aliphatic rings. The zero-order valence-corrected chi connectivity index (χ0v) is 23.3. The summed E-state index contributed by atoms with van der Waals surface area (Å²) in [5, 5.41) is 2.34. The van der Waals surface area contributed by atoms with Gasteiger partial charge < -0.3 is 9.38 Å². The van der Waals surface area contributed by atoms with E-state index in [1.54, 1.807) is 26.8 Å². The van der Waals surface area contributed by atoms with Crippen molar-refractivity contribution in [2.75, 3.05) is 5.32 Å². The summed E-state index contributed by atoms with van der Waals surface area (Å²) in [5.41, 5.74) is -0.506. The van der Waals surface area contributed by atoms with Gasteiger partial charge in [0.1, 0.15) is 11.4 Å². The van der Waals surface area contributed by atoms with Crippen LogP contribution in [0.1, 0.15) is 20.8 Å². The average Bonchev–Trinajstić information content (AvgIpc) is 2.26. The molecule has 144 valence electrons. The van der Waals surface area contributed by atoms with Crippen LogP contribution >= 0.6 is 15.9 Å². The quantitative estimate of drug-likeness (QED) is 0.676. The van der Waals surface area contributed by atoms with Gasteiger partial charge in [-0.1, -0.05) is 71.7 Å². The molecule has 1 rings (SSSR count). The van der Waals surface area contributed by atoms with Crippen molar-refractivity contribution in [2.24, 2.45) is 0 Å². The van der Waals surface area contributed by atoms with Crippen LogP contribution in [0, 0.1) is 5.82 Å². The van der Waals surface area contributed by atoms with Gasteiger partial charge in [-0.3, -0.25) is 5.32 Å². The number of nitrogens with zero attached hydrogens (tertiary/aromatic N) is 1. The van der Waals surface area contributed by atoms with Crippen molar-refractivity contribution in [1.82, 2.24) is 0 Å². The largest absolute Gasteiger partial charge is 1.00 e. The predicted molar refractivity (Wildman–Crippen MR) is 114 cm³/mol. The van der Waals surface area contributed by atoms with Gasteiger partial charge in [0.05, 0.1) is 5.69 Å². The number of hydrogen-bond acceptors (Lipinski definition) is 2. The molecule has 0 saturated heterocycles. The Morgan fingerprint density at radius 3 is 1.88 bits per heavy atom. The van der Waals surface area contributed by atoms with Crippen LogP contribution in [0.3, 0.4) is 0 Å². The van der Waals surface area contributed by atoms with E-state index < -0.39 is 34.0 Å². The molecule has 0 aliphatic heterocycles. The van der Waals surface area contributed by atoms with E-state index in [1.165, 1.54) is 12.1 Å². The zero-order chi connectivity index (χ0) is 20.1. The summed E-state index contributed by atoms with van der Waals surface area (Å²) in [6, 6.07) is 4.37. The SMILES string of the molecule is CC(C)(C)OC(=O)Nc1ccc(Br)cc1F.C[Si](C)(C)[N-][Si](C)(C)C.[Na+]. The first kappa shape index (κ1) is 28.5. The predicted octanol–water partition coefficient (Wildman–Crippen LogP) is 3.97. The number of carbonyl (C=O) groups excluding carboxylic acids is 1. The number of ether oxygens (including phenoxy) is 1. The Hall–Kier alpha value is 0.294. The van der Waals surface area contributed by atoms with Crippen molar-refractivity contribution in [3.05, 3.63) is 33.1 Å². The minimum Gasteiger partial charge on any atom is -0.668 e. The molecule has 1 aromatic carbocycles. The second-order valence-electron chi connectivity index (χ2n) is 8.70. The van der Waals surface area contributed by atoms with E-state index in [0.717, 1.165) is 0 Å². The normalized spacial score (nSPS) is 11.7. The van der Waals surface area contributed by atoms with Gasteiger partial charge in [-0.15, -0.1) is 0 Å². The maximum atomic E-state index is 13.3. The molecular weight excluding hydrogens is 442 g/mol. The maximum Gasteiger partial charge on any atom is 1.00 e. The van der Waals surface area contributed by atoms with Crippen LogP contribution in [0.15, 0.2) is 22.7 Å². The van der Waals surface area contributed by atoms with Crippen molar-refractivity contribution < 1.29 is 43.5 Å². The van der Waals surface area contributed by atoms with E-state index in [1.807, 2.05) is 0 Å². The Bertz CT molecular complexity index is 574. The smallest absolute Gasteiger partial charge is 0.668 e. The molecule has 0 bridgehead atoms. The average molecular weight is 474 g/mol. The second-order valence-corrected chi connectivity index (χ2v) is 19.2. The van der Waals surface area contributed by atoms with Crippen molar-refractivity contribution in [2.45, 2.75) is 65.7 Å². The number of carbonyl (C=O) groups is 1. The third-order valence-electron chi connectivity index (χ3n) is 2.24. The molecule has 0 heterocycles. The van der Waals surface area contributed by atoms with Crippen molar-refractivity contribution >= 4 is 44.2 Å². The Balaban J connectivity index is 0. The van der Waals surface area contributed by atoms with Crippen molar-refractivity contribution in [1.29, 1.82) is 0 Å². The maximum absolute atomic E-state index is 13.3. The van der Waals surface area contributed by atoms with E-state index in [4.69, 9.17) is 9.38 Å². The number of anilines is 1. The minimum absolute atomic E-state index is 0. The first-order valence-corrected chi connectivity index (χ1v) is 15.9. The molecule has 0 saturated carbocycles. The summed E-state index contributed by atoms with van der Waals surface area (Å²) in [6.07, 6.45) is -0.672. The summed E-state index contributed by atoms with van der Waals surface area (Å²) in [6.45, 7) is 19.0. The van der Waals surface area contributed by atoms with Crippen molar-refractivity contribution in [3.8, 4) is 0 Å². The monoisotopic (exact) mass is 472 g/mol. The molecule has 0 radical (unpaired) electrons. The summed E-state index contributed by atoms with van der Waals surface area (Å²) in [5.74, 6) is -0.514. The van der Waals surface area contributed by atoms with Crippen LogP contribution in [0.25, 0.3) is 4.65 Å². The van der Waals surface area contributed by atoms with Crippen LogP contribution < -0.4 is 34.9 Å². The molecular formula is C17H31BrFN2NaO2Si2. The molecule has 1 N–H and O–H groups in total. The van der Waals surface area contributed by atoms with Crippen LogP contribution in [-0.4, -0.2) is 28.2 Å². The number of halogens is 2. The number of amides is 1. The van der Waals surface area contributed by atoms with Crippen LogP contribution in [0.5, 0.6) is 0 Å². The zero-order valence-electron chi connectivity index (χ0n) is 17.8. The summed E-state index contributed by atoms with van der Waals surface area (Å²) >= 11 is 3.13.